The Balaban J connectivity index is 2.12. The van der Waals surface area contributed by atoms with Gasteiger partial charge in [-0.2, -0.15) is 0 Å². The van der Waals surface area contributed by atoms with Gasteiger partial charge in [-0.05, 0) is 47.2 Å². The second-order valence-corrected chi connectivity index (χ2v) is 6.28. The molecule has 106 valence electrons. The fraction of sp³-hybridized carbons (Fsp3) is 0.294. The average molecular weight is 308 g/mol. The number of nitrogens with two attached hydrogens (primary N) is 1. The lowest BCUT2D eigenvalue weighted by atomic mass is 9.96. The monoisotopic (exact) mass is 307 g/mol. The molecule has 0 aliphatic heterocycles. The molecule has 0 aliphatic carbocycles. The Morgan fingerprint density at radius 1 is 0.900 bits per heavy atom. The Morgan fingerprint density at radius 3 is 1.95 bits per heavy atom. The van der Waals surface area contributed by atoms with Crippen LogP contribution in [0.3, 0.4) is 0 Å². The smallest absolute Gasteiger partial charge is 0.0424 e. The molecule has 2 N–H and O–H groups in total. The highest BCUT2D eigenvalue weighted by atomic mass is 35.5. The summed E-state index contributed by atoms with van der Waals surface area (Å²) in [6, 6.07) is 14.0. The highest BCUT2D eigenvalue weighted by Gasteiger charge is 2.09. The van der Waals surface area contributed by atoms with Crippen LogP contribution in [0.4, 0.5) is 0 Å². The van der Waals surface area contributed by atoms with E-state index < -0.39 is 0 Å². The number of halogens is 2. The zero-order valence-electron chi connectivity index (χ0n) is 11.7. The van der Waals surface area contributed by atoms with E-state index in [0.717, 1.165) is 12.0 Å². The van der Waals surface area contributed by atoms with E-state index in [9.17, 15) is 0 Å². The predicted octanol–water partition coefficient (Wildman–Crippen LogP) is 5.36. The van der Waals surface area contributed by atoms with Crippen molar-refractivity contribution in [1.82, 2.24) is 0 Å². The molecule has 1 nitrogen and oxygen atoms in total. The lowest BCUT2D eigenvalue weighted by Crippen LogP contribution is -2.13. The van der Waals surface area contributed by atoms with Gasteiger partial charge in [0.05, 0.1) is 0 Å². The minimum absolute atomic E-state index is 0.101. The quantitative estimate of drug-likeness (QED) is 0.808. The summed E-state index contributed by atoms with van der Waals surface area (Å²) in [5, 5.41) is 1.25. The molecule has 2 rings (SSSR count). The molecule has 20 heavy (non-hydrogen) atoms. The van der Waals surface area contributed by atoms with E-state index in [1.54, 1.807) is 6.07 Å². The summed E-state index contributed by atoms with van der Waals surface area (Å²) in [4.78, 5) is 0. The van der Waals surface area contributed by atoms with Crippen molar-refractivity contribution in [2.45, 2.75) is 32.2 Å². The Morgan fingerprint density at radius 2 is 1.45 bits per heavy atom. The molecule has 0 radical (unpaired) electrons. The van der Waals surface area contributed by atoms with E-state index in [1.165, 1.54) is 11.1 Å². The van der Waals surface area contributed by atoms with Crippen molar-refractivity contribution < 1.29 is 0 Å². The highest BCUT2D eigenvalue weighted by Crippen LogP contribution is 2.25. The van der Waals surface area contributed by atoms with Gasteiger partial charge in [0.25, 0.3) is 0 Å². The molecule has 0 saturated carbocycles. The van der Waals surface area contributed by atoms with Crippen molar-refractivity contribution in [3.05, 3.63) is 69.2 Å². The maximum absolute atomic E-state index is 6.25. The van der Waals surface area contributed by atoms with E-state index in [1.807, 2.05) is 12.1 Å². The topological polar surface area (TPSA) is 26.0 Å². The zero-order chi connectivity index (χ0) is 14.7. The highest BCUT2D eigenvalue weighted by molar-refractivity contribution is 6.34. The van der Waals surface area contributed by atoms with Gasteiger partial charge in [-0.3, -0.25) is 0 Å². The maximum Gasteiger partial charge on any atom is 0.0424 e. The van der Waals surface area contributed by atoms with Crippen molar-refractivity contribution in [2.75, 3.05) is 0 Å². The standard InChI is InChI=1S/C17H19Cl2N/c1-11(2)13-5-3-12(4-6-13)7-17(20)14-8-15(18)10-16(19)9-14/h3-6,8-11,17H,7,20H2,1-2H3. The number of benzene rings is 2. The first-order valence-corrected chi connectivity index (χ1v) is 7.51. The molecule has 0 heterocycles. The first kappa shape index (κ1) is 15.4. The minimum atomic E-state index is -0.101. The van der Waals surface area contributed by atoms with Crippen LogP contribution in [-0.4, -0.2) is 0 Å². The van der Waals surface area contributed by atoms with E-state index in [2.05, 4.69) is 38.1 Å². The van der Waals surface area contributed by atoms with E-state index in [-0.39, 0.29) is 6.04 Å². The van der Waals surface area contributed by atoms with E-state index in [4.69, 9.17) is 28.9 Å². The summed E-state index contributed by atoms with van der Waals surface area (Å²) >= 11 is 12.0. The fourth-order valence-electron chi connectivity index (χ4n) is 2.20. The van der Waals surface area contributed by atoms with Crippen LogP contribution in [-0.2, 0) is 6.42 Å². The summed E-state index contributed by atoms with van der Waals surface area (Å²) in [6.07, 6.45) is 0.773. The lowest BCUT2D eigenvalue weighted by Gasteiger charge is -2.14. The third-order valence-corrected chi connectivity index (χ3v) is 3.85. The Kier molecular flexibility index (Phi) is 5.09. The minimum Gasteiger partial charge on any atom is -0.324 e. The Labute approximate surface area is 130 Å². The Bertz CT molecular complexity index is 556. The van der Waals surface area contributed by atoms with Crippen molar-refractivity contribution in [1.29, 1.82) is 0 Å². The van der Waals surface area contributed by atoms with Crippen molar-refractivity contribution in [2.24, 2.45) is 5.73 Å². The molecule has 1 atom stereocenters. The van der Waals surface area contributed by atoms with Crippen molar-refractivity contribution in [3.63, 3.8) is 0 Å². The van der Waals surface area contributed by atoms with Crippen molar-refractivity contribution in [3.8, 4) is 0 Å². The van der Waals surface area contributed by atoms with Gasteiger partial charge < -0.3 is 5.73 Å². The Hall–Kier alpha value is -1.02. The van der Waals surface area contributed by atoms with Crippen LogP contribution >= 0.6 is 23.2 Å². The van der Waals surface area contributed by atoms with Crippen LogP contribution in [0, 0.1) is 0 Å². The van der Waals surface area contributed by atoms with Gasteiger partial charge in [0.1, 0.15) is 0 Å². The third-order valence-electron chi connectivity index (χ3n) is 3.42. The van der Waals surface area contributed by atoms with Gasteiger partial charge >= 0.3 is 0 Å². The molecule has 0 aromatic heterocycles. The first-order valence-electron chi connectivity index (χ1n) is 6.76. The second kappa shape index (κ2) is 6.62. The summed E-state index contributed by atoms with van der Waals surface area (Å²) in [7, 11) is 0. The summed E-state index contributed by atoms with van der Waals surface area (Å²) < 4.78 is 0. The number of hydrogen-bond acceptors (Lipinski definition) is 1. The van der Waals surface area contributed by atoms with Gasteiger partial charge in [0, 0.05) is 16.1 Å². The molecule has 0 amide bonds. The molecular formula is C17H19Cl2N. The molecule has 0 spiro atoms. The van der Waals surface area contributed by atoms with E-state index in [0.29, 0.717) is 16.0 Å². The number of rotatable bonds is 4. The molecule has 2 aromatic rings. The summed E-state index contributed by atoms with van der Waals surface area (Å²) in [5.41, 5.74) is 9.77. The van der Waals surface area contributed by atoms with Crippen LogP contribution in [0.25, 0.3) is 0 Å². The zero-order valence-corrected chi connectivity index (χ0v) is 13.2. The molecule has 3 heteroatoms. The van der Waals surface area contributed by atoms with Crippen molar-refractivity contribution >= 4 is 23.2 Å². The second-order valence-electron chi connectivity index (χ2n) is 5.41. The van der Waals surface area contributed by atoms with E-state index >= 15 is 0 Å². The SMILES string of the molecule is CC(C)c1ccc(CC(N)c2cc(Cl)cc(Cl)c2)cc1. The molecule has 0 fully saturated rings. The van der Waals surface area contributed by atoms with Crippen LogP contribution in [0.5, 0.6) is 0 Å². The van der Waals surface area contributed by atoms with Gasteiger partial charge in [-0.15, -0.1) is 0 Å². The van der Waals surface area contributed by atoms with Gasteiger partial charge in [-0.1, -0.05) is 61.3 Å². The van der Waals surface area contributed by atoms with Crippen LogP contribution < -0.4 is 5.73 Å². The van der Waals surface area contributed by atoms with Crippen LogP contribution in [0.1, 0.15) is 42.5 Å². The van der Waals surface area contributed by atoms with Crippen LogP contribution in [0.15, 0.2) is 42.5 Å². The molecular weight excluding hydrogens is 289 g/mol. The third kappa shape index (κ3) is 3.99. The largest absolute Gasteiger partial charge is 0.324 e. The normalized spacial score (nSPS) is 12.7. The fourth-order valence-corrected chi connectivity index (χ4v) is 2.74. The summed E-state index contributed by atoms with van der Waals surface area (Å²) in [6.45, 7) is 4.38. The van der Waals surface area contributed by atoms with Gasteiger partial charge in [0.15, 0.2) is 0 Å². The molecule has 1 unspecified atom stereocenters. The molecule has 2 aromatic carbocycles. The number of hydrogen-bond donors (Lipinski definition) is 1. The van der Waals surface area contributed by atoms with Crippen LogP contribution in [0.2, 0.25) is 10.0 Å². The lowest BCUT2D eigenvalue weighted by molar-refractivity contribution is 0.721. The average Bonchev–Trinajstić information content (AvgIpc) is 2.38. The van der Waals surface area contributed by atoms with Gasteiger partial charge in [-0.25, -0.2) is 0 Å². The predicted molar refractivity (Wildman–Crippen MR) is 87.6 cm³/mol. The molecule has 0 aliphatic rings. The maximum atomic E-state index is 6.25. The van der Waals surface area contributed by atoms with Gasteiger partial charge in [0.2, 0.25) is 0 Å². The molecule has 0 bridgehead atoms. The molecule has 0 saturated heterocycles. The first-order chi connectivity index (χ1) is 9.45. The summed E-state index contributed by atoms with van der Waals surface area (Å²) in [5.74, 6) is 0.546.